The number of rotatable bonds is 11. The van der Waals surface area contributed by atoms with Crippen molar-refractivity contribution in [2.45, 2.75) is 32.8 Å². The van der Waals surface area contributed by atoms with E-state index in [2.05, 4.69) is 12.1 Å². The summed E-state index contributed by atoms with van der Waals surface area (Å²) in [6, 6.07) is 23.8. The van der Waals surface area contributed by atoms with E-state index in [1.807, 2.05) is 61.5 Å². The van der Waals surface area contributed by atoms with Gasteiger partial charge in [0.1, 0.15) is 12.4 Å². The molecule has 0 saturated heterocycles. The molecule has 0 unspecified atom stereocenters. The molecule has 0 aliphatic carbocycles. The second kappa shape index (κ2) is 11.2. The molecule has 0 aromatic heterocycles. The summed E-state index contributed by atoms with van der Waals surface area (Å²) < 4.78 is 11.7. The molecule has 0 amide bonds. The number of carbonyl (C=O) groups is 1. The van der Waals surface area contributed by atoms with Crippen LogP contribution in [0.2, 0.25) is 0 Å². The van der Waals surface area contributed by atoms with E-state index in [0.717, 1.165) is 24.0 Å². The highest BCUT2D eigenvalue weighted by Gasteiger charge is 2.15. The van der Waals surface area contributed by atoms with Crippen LogP contribution in [0.1, 0.15) is 39.0 Å². The van der Waals surface area contributed by atoms with Crippen molar-refractivity contribution < 1.29 is 19.4 Å². The average Bonchev–Trinajstić information content (AvgIpc) is 2.75. The molecule has 0 aliphatic rings. The zero-order valence-corrected chi connectivity index (χ0v) is 17.3. The normalized spacial score (nSPS) is 10.7. The minimum absolute atomic E-state index is 0.343. The topological polar surface area (TPSA) is 55.8 Å². The first-order chi connectivity index (χ1) is 14.6. The van der Waals surface area contributed by atoms with Gasteiger partial charge < -0.3 is 14.6 Å². The summed E-state index contributed by atoms with van der Waals surface area (Å²) >= 11 is 0. The van der Waals surface area contributed by atoms with E-state index in [4.69, 9.17) is 9.47 Å². The Balaban J connectivity index is 1.55. The maximum atomic E-state index is 11.7. The number of aryl methyl sites for hydroxylation is 2. The fraction of sp³-hybridized carbons (Fsp3) is 0.269. The number of hydrogen-bond acceptors (Lipinski definition) is 3. The first-order valence-electron chi connectivity index (χ1n) is 10.3. The number of ether oxygens (including phenoxy) is 2. The van der Waals surface area contributed by atoms with E-state index in [1.165, 1.54) is 5.56 Å². The Bertz CT molecular complexity index is 936. The van der Waals surface area contributed by atoms with Crippen LogP contribution in [-0.4, -0.2) is 24.3 Å². The lowest BCUT2D eigenvalue weighted by Gasteiger charge is -2.14. The Morgan fingerprint density at radius 1 is 0.867 bits per heavy atom. The zero-order valence-electron chi connectivity index (χ0n) is 17.3. The largest absolute Gasteiger partial charge is 0.489 e. The van der Waals surface area contributed by atoms with E-state index >= 15 is 0 Å². The summed E-state index contributed by atoms with van der Waals surface area (Å²) in [6.07, 6.45) is 2.45. The van der Waals surface area contributed by atoms with Crippen LogP contribution in [0.5, 0.6) is 5.75 Å². The molecule has 0 aliphatic heterocycles. The van der Waals surface area contributed by atoms with Crippen molar-refractivity contribution in [3.8, 4) is 5.75 Å². The molecule has 4 nitrogen and oxygen atoms in total. The molecule has 0 spiro atoms. The van der Waals surface area contributed by atoms with Crippen LogP contribution in [0.15, 0.2) is 72.8 Å². The predicted molar refractivity (Wildman–Crippen MR) is 118 cm³/mol. The molecule has 3 aromatic carbocycles. The third-order valence-corrected chi connectivity index (χ3v) is 4.97. The molecule has 0 radical (unpaired) electrons. The third kappa shape index (κ3) is 6.46. The first-order valence-corrected chi connectivity index (χ1v) is 10.3. The maximum absolute atomic E-state index is 11.7. The first kappa shape index (κ1) is 21.6. The van der Waals surface area contributed by atoms with Gasteiger partial charge in [0.2, 0.25) is 0 Å². The van der Waals surface area contributed by atoms with Gasteiger partial charge in [-0.25, -0.2) is 4.79 Å². The van der Waals surface area contributed by atoms with Gasteiger partial charge in [0.15, 0.2) is 0 Å². The Kier molecular flexibility index (Phi) is 8.04. The van der Waals surface area contributed by atoms with Gasteiger partial charge in [-0.3, -0.25) is 0 Å². The highest BCUT2D eigenvalue weighted by Crippen LogP contribution is 2.24. The molecular weight excluding hydrogens is 376 g/mol. The number of carboxylic acids is 1. The molecule has 0 fully saturated rings. The van der Waals surface area contributed by atoms with E-state index in [9.17, 15) is 9.90 Å². The SMILES string of the molecule is Cc1cc(OCc2ccccc2)cc(CCOCCCc2ccccc2)c1C(=O)O. The molecule has 4 heteroatoms. The molecule has 156 valence electrons. The summed E-state index contributed by atoms with van der Waals surface area (Å²) in [5, 5.41) is 9.63. The van der Waals surface area contributed by atoms with Gasteiger partial charge in [-0.05, 0) is 60.6 Å². The molecule has 0 saturated carbocycles. The van der Waals surface area contributed by atoms with Crippen LogP contribution in [-0.2, 0) is 24.2 Å². The second-order valence-electron chi connectivity index (χ2n) is 7.31. The number of carboxylic acid groups (broad SMARTS) is 1. The van der Waals surface area contributed by atoms with Crippen molar-refractivity contribution in [3.05, 3.63) is 101 Å². The van der Waals surface area contributed by atoms with E-state index in [-0.39, 0.29) is 0 Å². The minimum Gasteiger partial charge on any atom is -0.489 e. The molecule has 0 atom stereocenters. The lowest BCUT2D eigenvalue weighted by Crippen LogP contribution is -2.10. The molecule has 1 N–H and O–H groups in total. The molecule has 0 heterocycles. The van der Waals surface area contributed by atoms with Crippen LogP contribution < -0.4 is 4.74 Å². The van der Waals surface area contributed by atoms with Crippen molar-refractivity contribution in [2.75, 3.05) is 13.2 Å². The summed E-state index contributed by atoms with van der Waals surface area (Å²) in [5.74, 6) is -0.235. The summed E-state index contributed by atoms with van der Waals surface area (Å²) in [4.78, 5) is 11.7. The Hall–Kier alpha value is -3.11. The van der Waals surface area contributed by atoms with Gasteiger partial charge in [0.25, 0.3) is 0 Å². The monoisotopic (exact) mass is 404 g/mol. The smallest absolute Gasteiger partial charge is 0.336 e. The van der Waals surface area contributed by atoms with Crippen molar-refractivity contribution in [1.82, 2.24) is 0 Å². The van der Waals surface area contributed by atoms with Gasteiger partial charge in [0, 0.05) is 6.61 Å². The Morgan fingerprint density at radius 3 is 2.20 bits per heavy atom. The van der Waals surface area contributed by atoms with Crippen molar-refractivity contribution >= 4 is 5.97 Å². The highest BCUT2D eigenvalue weighted by molar-refractivity contribution is 5.91. The lowest BCUT2D eigenvalue weighted by atomic mass is 9.99. The van der Waals surface area contributed by atoms with Crippen molar-refractivity contribution in [3.63, 3.8) is 0 Å². The standard InChI is InChI=1S/C26H28O4/c1-20-17-24(30-19-22-11-6-3-7-12-22)18-23(25(20)26(27)28)14-16-29-15-8-13-21-9-4-2-5-10-21/h2-7,9-12,17-18H,8,13-16,19H2,1H3,(H,27,28). The van der Waals surface area contributed by atoms with Crippen molar-refractivity contribution in [1.29, 1.82) is 0 Å². The number of benzene rings is 3. The summed E-state index contributed by atoms with van der Waals surface area (Å²) in [7, 11) is 0. The van der Waals surface area contributed by atoms with Crippen LogP contribution in [0, 0.1) is 6.92 Å². The minimum atomic E-state index is -0.916. The highest BCUT2D eigenvalue weighted by atomic mass is 16.5. The van der Waals surface area contributed by atoms with E-state index < -0.39 is 5.97 Å². The number of aromatic carboxylic acids is 1. The molecule has 3 aromatic rings. The van der Waals surface area contributed by atoms with Crippen LogP contribution in [0.4, 0.5) is 0 Å². The molecular formula is C26H28O4. The van der Waals surface area contributed by atoms with Crippen LogP contribution >= 0.6 is 0 Å². The van der Waals surface area contributed by atoms with E-state index in [0.29, 0.717) is 43.1 Å². The van der Waals surface area contributed by atoms with Gasteiger partial charge in [-0.1, -0.05) is 60.7 Å². The number of hydrogen-bond donors (Lipinski definition) is 1. The average molecular weight is 405 g/mol. The summed E-state index contributed by atoms with van der Waals surface area (Å²) in [5.41, 5.74) is 4.16. The molecule has 30 heavy (non-hydrogen) atoms. The van der Waals surface area contributed by atoms with Gasteiger partial charge in [0.05, 0.1) is 12.2 Å². The predicted octanol–water partition coefficient (Wildman–Crippen LogP) is 5.46. The lowest BCUT2D eigenvalue weighted by molar-refractivity contribution is 0.0694. The van der Waals surface area contributed by atoms with Crippen LogP contribution in [0.25, 0.3) is 0 Å². The molecule has 3 rings (SSSR count). The third-order valence-electron chi connectivity index (χ3n) is 4.97. The van der Waals surface area contributed by atoms with Gasteiger partial charge >= 0.3 is 5.97 Å². The fourth-order valence-corrected chi connectivity index (χ4v) is 3.46. The fourth-order valence-electron chi connectivity index (χ4n) is 3.46. The van der Waals surface area contributed by atoms with Gasteiger partial charge in [-0.2, -0.15) is 0 Å². The molecule has 0 bridgehead atoms. The second-order valence-corrected chi connectivity index (χ2v) is 7.31. The Morgan fingerprint density at radius 2 is 1.53 bits per heavy atom. The summed E-state index contributed by atoms with van der Waals surface area (Å²) in [6.45, 7) is 3.39. The van der Waals surface area contributed by atoms with Gasteiger partial charge in [-0.15, -0.1) is 0 Å². The van der Waals surface area contributed by atoms with Crippen molar-refractivity contribution in [2.24, 2.45) is 0 Å². The zero-order chi connectivity index (χ0) is 21.2. The Labute approximate surface area is 178 Å². The van der Waals surface area contributed by atoms with Crippen LogP contribution in [0.3, 0.4) is 0 Å². The maximum Gasteiger partial charge on any atom is 0.336 e. The quantitative estimate of drug-likeness (QED) is 0.431. The van der Waals surface area contributed by atoms with E-state index in [1.54, 1.807) is 6.07 Å².